The number of nitrogens with one attached hydrogen (secondary N) is 1. The molecule has 2 rings (SSSR count). The minimum atomic E-state index is -0.433. The molecule has 0 bridgehead atoms. The molecular weight excluding hydrogens is 349 g/mol. The van der Waals surface area contributed by atoms with E-state index in [1.54, 1.807) is 11.8 Å². The molecule has 0 aromatic heterocycles. The summed E-state index contributed by atoms with van der Waals surface area (Å²) in [5.41, 5.74) is 0.572. The maximum atomic E-state index is 12.9. The van der Waals surface area contributed by atoms with Crippen LogP contribution in [0.15, 0.2) is 24.3 Å². The van der Waals surface area contributed by atoms with Gasteiger partial charge < -0.3 is 15.0 Å². The summed E-state index contributed by atoms with van der Waals surface area (Å²) in [6.45, 7) is 9.34. The first kappa shape index (κ1) is 21.3. The van der Waals surface area contributed by atoms with E-state index in [2.05, 4.69) is 19.2 Å². The quantitative estimate of drug-likeness (QED) is 0.753. The Morgan fingerprint density at radius 2 is 1.74 bits per heavy atom. The molecule has 0 radical (unpaired) electrons. The fraction of sp³-hybridized carbons (Fsp3) is 0.600. The third-order valence-corrected chi connectivity index (χ3v) is 4.59. The van der Waals surface area contributed by atoms with Crippen molar-refractivity contribution in [3.05, 3.63) is 30.1 Å². The van der Waals surface area contributed by atoms with Crippen LogP contribution in [0.2, 0.25) is 0 Å². The number of hydrogen-bond acceptors (Lipinski definition) is 4. The van der Waals surface area contributed by atoms with Crippen molar-refractivity contribution < 1.29 is 18.7 Å². The van der Waals surface area contributed by atoms with Crippen LogP contribution in [0.4, 0.5) is 10.1 Å². The summed E-state index contributed by atoms with van der Waals surface area (Å²) in [4.78, 5) is 28.4. The maximum absolute atomic E-state index is 12.9. The van der Waals surface area contributed by atoms with E-state index in [-0.39, 0.29) is 24.2 Å². The number of nitrogens with zero attached hydrogens (tertiary/aromatic N) is 2. The summed E-state index contributed by atoms with van der Waals surface area (Å²) in [6, 6.07) is 5.68. The number of piperazine rings is 1. The normalized spacial score (nSPS) is 16.4. The zero-order valence-electron chi connectivity index (χ0n) is 16.4. The number of ether oxygens (including phenoxy) is 1. The fourth-order valence-corrected chi connectivity index (χ4v) is 2.87. The Bertz CT molecular complexity index is 613. The highest BCUT2D eigenvalue weighted by Gasteiger charge is 2.26. The van der Waals surface area contributed by atoms with Gasteiger partial charge in [-0.3, -0.25) is 14.5 Å². The second-order valence-electron chi connectivity index (χ2n) is 7.35. The monoisotopic (exact) mass is 379 g/mol. The molecule has 6 nitrogen and oxygen atoms in total. The van der Waals surface area contributed by atoms with Crippen molar-refractivity contribution in [2.24, 2.45) is 5.92 Å². The average molecular weight is 379 g/mol. The van der Waals surface area contributed by atoms with Gasteiger partial charge in [-0.2, -0.15) is 0 Å². The Morgan fingerprint density at radius 1 is 1.11 bits per heavy atom. The first-order valence-electron chi connectivity index (χ1n) is 9.53. The van der Waals surface area contributed by atoms with Crippen molar-refractivity contribution in [2.45, 2.75) is 33.3 Å². The lowest BCUT2D eigenvalue weighted by atomic mass is 10.1. The Hall–Kier alpha value is -1.99. The summed E-state index contributed by atoms with van der Waals surface area (Å²) in [7, 11) is 0. The molecule has 0 aliphatic carbocycles. The van der Waals surface area contributed by atoms with Gasteiger partial charge in [0.25, 0.3) is 5.91 Å². The van der Waals surface area contributed by atoms with Crippen molar-refractivity contribution in [3.8, 4) is 0 Å². The summed E-state index contributed by atoms with van der Waals surface area (Å²) >= 11 is 0. The van der Waals surface area contributed by atoms with E-state index in [0.717, 1.165) is 6.42 Å². The lowest BCUT2D eigenvalue weighted by Crippen LogP contribution is -2.52. The smallest absolute Gasteiger partial charge is 0.251 e. The summed E-state index contributed by atoms with van der Waals surface area (Å²) in [6.07, 6.45) is 0.506. The van der Waals surface area contributed by atoms with E-state index in [1.165, 1.54) is 24.3 Å². The van der Waals surface area contributed by atoms with Crippen LogP contribution in [-0.2, 0) is 14.3 Å². The predicted molar refractivity (Wildman–Crippen MR) is 103 cm³/mol. The molecule has 0 spiro atoms. The van der Waals surface area contributed by atoms with E-state index in [0.29, 0.717) is 44.4 Å². The molecule has 0 saturated carbocycles. The SMILES string of the molecule is CC(C)CCOC(C)C(=O)N1CCN(CC(=O)Nc2ccc(F)cc2)CC1. The predicted octanol–water partition coefficient (Wildman–Crippen LogP) is 2.36. The van der Waals surface area contributed by atoms with Gasteiger partial charge in [-0.1, -0.05) is 13.8 Å². The van der Waals surface area contributed by atoms with E-state index in [9.17, 15) is 14.0 Å². The van der Waals surface area contributed by atoms with Gasteiger partial charge in [-0.25, -0.2) is 4.39 Å². The van der Waals surface area contributed by atoms with E-state index < -0.39 is 6.10 Å². The number of carbonyl (C=O) groups excluding carboxylic acids is 2. The molecular formula is C20H30FN3O3. The molecule has 7 heteroatoms. The van der Waals surface area contributed by atoms with Crippen LogP contribution in [0.1, 0.15) is 27.2 Å². The van der Waals surface area contributed by atoms with Crippen molar-refractivity contribution in [3.63, 3.8) is 0 Å². The second-order valence-corrected chi connectivity index (χ2v) is 7.35. The second kappa shape index (κ2) is 10.4. The van der Waals surface area contributed by atoms with Gasteiger partial charge in [0.15, 0.2) is 0 Å². The number of hydrogen-bond donors (Lipinski definition) is 1. The van der Waals surface area contributed by atoms with Crippen molar-refractivity contribution in [1.82, 2.24) is 9.80 Å². The van der Waals surface area contributed by atoms with Gasteiger partial charge in [0.05, 0.1) is 6.54 Å². The molecule has 1 fully saturated rings. The molecule has 1 aromatic carbocycles. The highest BCUT2D eigenvalue weighted by Crippen LogP contribution is 2.10. The van der Waals surface area contributed by atoms with Crippen LogP contribution in [-0.4, -0.2) is 67.0 Å². The zero-order valence-corrected chi connectivity index (χ0v) is 16.4. The Morgan fingerprint density at radius 3 is 2.33 bits per heavy atom. The number of carbonyl (C=O) groups is 2. The highest BCUT2D eigenvalue weighted by atomic mass is 19.1. The molecule has 1 N–H and O–H groups in total. The standard InChI is InChI=1S/C20H30FN3O3/c1-15(2)8-13-27-16(3)20(26)24-11-9-23(10-12-24)14-19(25)22-18-6-4-17(21)5-7-18/h4-7,15-16H,8-14H2,1-3H3,(H,22,25). The van der Waals surface area contributed by atoms with Gasteiger partial charge >= 0.3 is 0 Å². The van der Waals surface area contributed by atoms with Crippen LogP contribution < -0.4 is 5.32 Å². The van der Waals surface area contributed by atoms with Gasteiger partial charge in [0.2, 0.25) is 5.91 Å². The van der Waals surface area contributed by atoms with Gasteiger partial charge in [-0.15, -0.1) is 0 Å². The molecule has 1 aliphatic rings. The first-order chi connectivity index (χ1) is 12.8. The van der Waals surface area contributed by atoms with E-state index >= 15 is 0 Å². The van der Waals surface area contributed by atoms with Crippen molar-refractivity contribution in [2.75, 3.05) is 44.6 Å². The van der Waals surface area contributed by atoms with Crippen molar-refractivity contribution in [1.29, 1.82) is 0 Å². The topological polar surface area (TPSA) is 61.9 Å². The zero-order chi connectivity index (χ0) is 19.8. The molecule has 150 valence electrons. The number of amides is 2. The van der Waals surface area contributed by atoms with Crippen LogP contribution >= 0.6 is 0 Å². The molecule has 1 atom stereocenters. The molecule has 27 heavy (non-hydrogen) atoms. The number of rotatable bonds is 8. The largest absolute Gasteiger partial charge is 0.369 e. The van der Waals surface area contributed by atoms with Crippen LogP contribution in [0.5, 0.6) is 0 Å². The molecule has 2 amide bonds. The van der Waals surface area contributed by atoms with Crippen LogP contribution in [0.25, 0.3) is 0 Å². The molecule has 1 heterocycles. The Balaban J connectivity index is 1.70. The number of benzene rings is 1. The maximum Gasteiger partial charge on any atom is 0.251 e. The van der Waals surface area contributed by atoms with Gasteiger partial charge in [0, 0.05) is 38.5 Å². The fourth-order valence-electron chi connectivity index (χ4n) is 2.87. The molecule has 1 aliphatic heterocycles. The first-order valence-corrected chi connectivity index (χ1v) is 9.53. The van der Waals surface area contributed by atoms with Crippen LogP contribution in [0.3, 0.4) is 0 Å². The average Bonchev–Trinajstić information content (AvgIpc) is 2.63. The van der Waals surface area contributed by atoms with E-state index in [4.69, 9.17) is 4.74 Å². The molecule has 1 saturated heterocycles. The molecule has 1 aromatic rings. The van der Waals surface area contributed by atoms with Crippen molar-refractivity contribution >= 4 is 17.5 Å². The highest BCUT2D eigenvalue weighted by molar-refractivity contribution is 5.92. The molecule has 1 unspecified atom stereocenters. The minimum absolute atomic E-state index is 0.00849. The lowest BCUT2D eigenvalue weighted by Gasteiger charge is -2.35. The Labute approximate surface area is 160 Å². The third-order valence-electron chi connectivity index (χ3n) is 4.59. The van der Waals surface area contributed by atoms with Crippen LogP contribution in [0, 0.1) is 11.7 Å². The van der Waals surface area contributed by atoms with Gasteiger partial charge in [0.1, 0.15) is 11.9 Å². The lowest BCUT2D eigenvalue weighted by molar-refractivity contribution is -0.144. The summed E-state index contributed by atoms with van der Waals surface area (Å²) in [5, 5.41) is 2.75. The summed E-state index contributed by atoms with van der Waals surface area (Å²) < 4.78 is 18.5. The van der Waals surface area contributed by atoms with Gasteiger partial charge in [-0.05, 0) is 43.5 Å². The third kappa shape index (κ3) is 7.27. The number of anilines is 1. The minimum Gasteiger partial charge on any atom is -0.369 e. The number of halogens is 1. The Kier molecular flexibility index (Phi) is 8.19. The van der Waals surface area contributed by atoms with E-state index in [1.807, 2.05) is 4.90 Å². The summed E-state index contributed by atoms with van der Waals surface area (Å²) in [5.74, 6) is 0.0778.